The third-order valence-electron chi connectivity index (χ3n) is 3.30. The summed E-state index contributed by atoms with van der Waals surface area (Å²) < 4.78 is 15.5. The highest BCUT2D eigenvalue weighted by Crippen LogP contribution is 2.32. The molecule has 2 aromatic carbocycles. The molecule has 0 heterocycles. The van der Waals surface area contributed by atoms with Crippen LogP contribution in [-0.4, -0.2) is 26.8 Å². The van der Waals surface area contributed by atoms with E-state index in [1.54, 1.807) is 27.2 Å². The monoisotopic (exact) mass is 312 g/mol. The number of ether oxygens (including phenoxy) is 3. The largest absolute Gasteiger partial charge is 0.493 e. The van der Waals surface area contributed by atoms with Crippen molar-refractivity contribution in [2.24, 2.45) is 0 Å². The van der Waals surface area contributed by atoms with Gasteiger partial charge in [-0.15, -0.1) is 0 Å². The molecule has 4 heteroatoms. The van der Waals surface area contributed by atoms with Gasteiger partial charge in [-0.1, -0.05) is 24.3 Å². The Hall–Kier alpha value is -2.75. The molecule has 0 atom stereocenters. The summed E-state index contributed by atoms with van der Waals surface area (Å²) in [6.07, 6.45) is 3.17. The van der Waals surface area contributed by atoms with Gasteiger partial charge in [0.1, 0.15) is 0 Å². The van der Waals surface area contributed by atoms with Crippen molar-refractivity contribution in [2.45, 2.75) is 6.92 Å². The number of rotatable bonds is 6. The van der Waals surface area contributed by atoms with Gasteiger partial charge in [-0.25, -0.2) is 4.79 Å². The number of esters is 1. The Morgan fingerprint density at radius 3 is 2.43 bits per heavy atom. The zero-order chi connectivity index (χ0) is 16.7. The van der Waals surface area contributed by atoms with Gasteiger partial charge in [-0.3, -0.25) is 0 Å². The summed E-state index contributed by atoms with van der Waals surface area (Å²) in [5.41, 5.74) is 2.95. The van der Waals surface area contributed by atoms with Gasteiger partial charge in [0.25, 0.3) is 0 Å². The number of hydrogen-bond acceptors (Lipinski definition) is 4. The zero-order valence-electron chi connectivity index (χ0n) is 13.5. The van der Waals surface area contributed by atoms with E-state index in [-0.39, 0.29) is 5.97 Å². The minimum atomic E-state index is -0.344. The standard InChI is InChI=1S/C19H20O4/c1-4-23-19(20)11-8-14-6-5-7-15(12-14)16-9-10-17(21-2)18(13-16)22-3/h5-13H,4H2,1-3H3/b11-8-. The van der Waals surface area contributed by atoms with Crippen molar-refractivity contribution in [3.8, 4) is 22.6 Å². The quantitative estimate of drug-likeness (QED) is 0.598. The minimum Gasteiger partial charge on any atom is -0.493 e. The lowest BCUT2D eigenvalue weighted by atomic mass is 10.0. The van der Waals surface area contributed by atoms with Crippen LogP contribution >= 0.6 is 0 Å². The van der Waals surface area contributed by atoms with Crippen molar-refractivity contribution in [3.63, 3.8) is 0 Å². The van der Waals surface area contributed by atoms with Crippen LogP contribution in [0.2, 0.25) is 0 Å². The first-order chi connectivity index (χ1) is 11.2. The molecule has 0 aliphatic rings. The Morgan fingerprint density at radius 1 is 1.00 bits per heavy atom. The van der Waals surface area contributed by atoms with Crippen LogP contribution in [0.15, 0.2) is 48.5 Å². The molecule has 0 amide bonds. The van der Waals surface area contributed by atoms with E-state index in [1.807, 2.05) is 42.5 Å². The SMILES string of the molecule is CCOC(=O)/C=C\c1cccc(-c2ccc(OC)c(OC)c2)c1. The molecular weight excluding hydrogens is 292 g/mol. The third kappa shape index (κ3) is 4.36. The second kappa shape index (κ2) is 8.03. The van der Waals surface area contributed by atoms with Gasteiger partial charge in [0.2, 0.25) is 0 Å². The average molecular weight is 312 g/mol. The van der Waals surface area contributed by atoms with E-state index < -0.39 is 0 Å². The van der Waals surface area contributed by atoms with E-state index in [2.05, 4.69) is 0 Å². The minimum absolute atomic E-state index is 0.344. The molecule has 0 bridgehead atoms. The molecule has 0 radical (unpaired) electrons. The van der Waals surface area contributed by atoms with Crippen LogP contribution in [0.5, 0.6) is 11.5 Å². The molecule has 120 valence electrons. The summed E-state index contributed by atoms with van der Waals surface area (Å²) in [5.74, 6) is 1.02. The number of carbonyl (C=O) groups is 1. The molecule has 0 saturated heterocycles. The Bertz CT molecular complexity index is 704. The smallest absolute Gasteiger partial charge is 0.330 e. The van der Waals surface area contributed by atoms with Gasteiger partial charge in [0.15, 0.2) is 11.5 Å². The predicted octanol–water partition coefficient (Wildman–Crippen LogP) is 3.95. The molecule has 0 aliphatic heterocycles. The summed E-state index contributed by atoms with van der Waals surface area (Å²) in [6, 6.07) is 13.6. The highest BCUT2D eigenvalue weighted by molar-refractivity contribution is 5.87. The molecule has 23 heavy (non-hydrogen) atoms. The van der Waals surface area contributed by atoms with Crippen molar-refractivity contribution in [1.29, 1.82) is 0 Å². The van der Waals surface area contributed by atoms with E-state index in [0.717, 1.165) is 16.7 Å². The lowest BCUT2D eigenvalue weighted by Crippen LogP contribution is -1.98. The molecule has 0 unspecified atom stereocenters. The summed E-state index contributed by atoms with van der Waals surface area (Å²) in [6.45, 7) is 2.15. The topological polar surface area (TPSA) is 44.8 Å². The Kier molecular flexibility index (Phi) is 5.80. The van der Waals surface area contributed by atoms with E-state index in [0.29, 0.717) is 18.1 Å². The van der Waals surface area contributed by atoms with E-state index in [9.17, 15) is 4.79 Å². The van der Waals surface area contributed by atoms with Crippen LogP contribution in [0, 0.1) is 0 Å². The van der Waals surface area contributed by atoms with E-state index >= 15 is 0 Å². The Morgan fingerprint density at radius 2 is 1.74 bits per heavy atom. The molecular formula is C19H20O4. The van der Waals surface area contributed by atoms with E-state index in [4.69, 9.17) is 14.2 Å². The predicted molar refractivity (Wildman–Crippen MR) is 90.6 cm³/mol. The fraction of sp³-hybridized carbons (Fsp3) is 0.211. The normalized spacial score (nSPS) is 10.6. The molecule has 0 saturated carbocycles. The molecule has 0 spiro atoms. The van der Waals surface area contributed by atoms with Crippen LogP contribution < -0.4 is 9.47 Å². The molecule has 0 fully saturated rings. The highest BCUT2D eigenvalue weighted by atomic mass is 16.5. The third-order valence-corrected chi connectivity index (χ3v) is 3.30. The van der Waals surface area contributed by atoms with Gasteiger partial charge in [0, 0.05) is 6.08 Å². The maximum Gasteiger partial charge on any atom is 0.330 e. The first-order valence-corrected chi connectivity index (χ1v) is 7.35. The van der Waals surface area contributed by atoms with E-state index in [1.165, 1.54) is 6.08 Å². The summed E-state index contributed by atoms with van der Waals surface area (Å²) >= 11 is 0. The Labute approximate surface area is 136 Å². The molecule has 0 aliphatic carbocycles. The fourth-order valence-corrected chi connectivity index (χ4v) is 2.19. The van der Waals surface area contributed by atoms with Crippen molar-refractivity contribution < 1.29 is 19.0 Å². The molecule has 0 aromatic heterocycles. The Balaban J connectivity index is 2.27. The summed E-state index contributed by atoms with van der Waals surface area (Å²) in [4.78, 5) is 11.4. The van der Waals surface area contributed by atoms with Crippen molar-refractivity contribution in [1.82, 2.24) is 0 Å². The number of methoxy groups -OCH3 is 2. The van der Waals surface area contributed by atoms with Gasteiger partial charge >= 0.3 is 5.97 Å². The molecule has 0 N–H and O–H groups in total. The number of carbonyl (C=O) groups excluding carboxylic acids is 1. The molecule has 4 nitrogen and oxygen atoms in total. The second-order valence-corrected chi connectivity index (χ2v) is 4.78. The molecule has 2 rings (SSSR count). The second-order valence-electron chi connectivity index (χ2n) is 4.78. The van der Waals surface area contributed by atoms with Crippen LogP contribution in [0.3, 0.4) is 0 Å². The molecule has 2 aromatic rings. The number of benzene rings is 2. The lowest BCUT2D eigenvalue weighted by Gasteiger charge is -2.10. The van der Waals surface area contributed by atoms with Crippen LogP contribution in [-0.2, 0) is 9.53 Å². The summed E-state index contributed by atoms with van der Waals surface area (Å²) in [7, 11) is 3.22. The number of hydrogen-bond donors (Lipinski definition) is 0. The summed E-state index contributed by atoms with van der Waals surface area (Å²) in [5, 5.41) is 0. The van der Waals surface area contributed by atoms with Crippen LogP contribution in [0.4, 0.5) is 0 Å². The van der Waals surface area contributed by atoms with Crippen molar-refractivity contribution >= 4 is 12.0 Å². The fourth-order valence-electron chi connectivity index (χ4n) is 2.19. The zero-order valence-corrected chi connectivity index (χ0v) is 13.5. The van der Waals surface area contributed by atoms with Gasteiger partial charge in [0.05, 0.1) is 20.8 Å². The maximum atomic E-state index is 11.4. The van der Waals surface area contributed by atoms with Gasteiger partial charge in [-0.05, 0) is 47.9 Å². The first kappa shape index (κ1) is 16.6. The first-order valence-electron chi connectivity index (χ1n) is 7.35. The van der Waals surface area contributed by atoms with Crippen LogP contribution in [0.1, 0.15) is 12.5 Å². The van der Waals surface area contributed by atoms with Gasteiger partial charge in [-0.2, -0.15) is 0 Å². The van der Waals surface area contributed by atoms with Crippen molar-refractivity contribution in [3.05, 3.63) is 54.1 Å². The van der Waals surface area contributed by atoms with Crippen LogP contribution in [0.25, 0.3) is 17.2 Å². The van der Waals surface area contributed by atoms with Crippen molar-refractivity contribution in [2.75, 3.05) is 20.8 Å². The lowest BCUT2D eigenvalue weighted by molar-refractivity contribution is -0.137. The maximum absolute atomic E-state index is 11.4. The average Bonchev–Trinajstić information content (AvgIpc) is 2.60. The highest BCUT2D eigenvalue weighted by Gasteiger charge is 2.06. The van der Waals surface area contributed by atoms with Gasteiger partial charge < -0.3 is 14.2 Å².